The number of amides is 1. The molecular formula is C13H8Cl2FNO2. The van der Waals surface area contributed by atoms with Gasteiger partial charge in [-0.1, -0.05) is 23.2 Å². The second-order valence-electron chi connectivity index (χ2n) is 3.74. The summed E-state index contributed by atoms with van der Waals surface area (Å²) in [4.78, 5) is 12.0. The van der Waals surface area contributed by atoms with Crippen LogP contribution in [0.1, 0.15) is 10.4 Å². The van der Waals surface area contributed by atoms with E-state index in [0.29, 0.717) is 0 Å². The van der Waals surface area contributed by atoms with Crippen LogP contribution in [0.5, 0.6) is 5.75 Å². The van der Waals surface area contributed by atoms with Crippen molar-refractivity contribution in [3.8, 4) is 5.75 Å². The van der Waals surface area contributed by atoms with Crippen molar-refractivity contribution in [1.82, 2.24) is 0 Å². The van der Waals surface area contributed by atoms with E-state index in [2.05, 4.69) is 5.32 Å². The van der Waals surface area contributed by atoms with Gasteiger partial charge in [0, 0.05) is 0 Å². The number of aromatic hydroxyl groups is 1. The van der Waals surface area contributed by atoms with E-state index in [0.717, 1.165) is 6.07 Å². The average molecular weight is 300 g/mol. The number of benzene rings is 2. The van der Waals surface area contributed by atoms with Gasteiger partial charge in [0.25, 0.3) is 5.91 Å². The lowest BCUT2D eigenvalue weighted by Gasteiger charge is -2.08. The Morgan fingerprint density at radius 3 is 2.53 bits per heavy atom. The van der Waals surface area contributed by atoms with Gasteiger partial charge in [0.05, 0.1) is 21.3 Å². The summed E-state index contributed by atoms with van der Waals surface area (Å²) >= 11 is 11.7. The SMILES string of the molecule is O=C(Nc1ccc(F)cc1Cl)c1cc(O)ccc1Cl. The molecule has 0 radical (unpaired) electrons. The third-order valence-electron chi connectivity index (χ3n) is 2.37. The topological polar surface area (TPSA) is 49.3 Å². The van der Waals surface area contributed by atoms with E-state index in [-0.39, 0.29) is 27.0 Å². The van der Waals surface area contributed by atoms with Crippen molar-refractivity contribution in [2.24, 2.45) is 0 Å². The van der Waals surface area contributed by atoms with Crippen molar-refractivity contribution < 1.29 is 14.3 Å². The maximum absolute atomic E-state index is 12.9. The van der Waals surface area contributed by atoms with Crippen LogP contribution in [0, 0.1) is 5.82 Å². The number of rotatable bonds is 2. The molecule has 0 aromatic heterocycles. The van der Waals surface area contributed by atoms with Gasteiger partial charge in [0.15, 0.2) is 0 Å². The molecule has 19 heavy (non-hydrogen) atoms. The molecule has 0 bridgehead atoms. The number of nitrogens with one attached hydrogen (secondary N) is 1. The molecule has 98 valence electrons. The van der Waals surface area contributed by atoms with Crippen LogP contribution in [0.15, 0.2) is 36.4 Å². The Bertz CT molecular complexity index is 647. The molecule has 0 unspecified atom stereocenters. The van der Waals surface area contributed by atoms with Crippen molar-refractivity contribution in [2.45, 2.75) is 0 Å². The molecular weight excluding hydrogens is 292 g/mol. The van der Waals surface area contributed by atoms with Gasteiger partial charge in [-0.25, -0.2) is 4.39 Å². The van der Waals surface area contributed by atoms with Gasteiger partial charge in [-0.3, -0.25) is 4.79 Å². The summed E-state index contributed by atoms with van der Waals surface area (Å²) in [6.07, 6.45) is 0. The highest BCUT2D eigenvalue weighted by atomic mass is 35.5. The molecule has 0 fully saturated rings. The van der Waals surface area contributed by atoms with E-state index in [1.165, 1.54) is 30.3 Å². The molecule has 6 heteroatoms. The summed E-state index contributed by atoms with van der Waals surface area (Å²) in [5.74, 6) is -1.13. The van der Waals surface area contributed by atoms with Gasteiger partial charge in [-0.05, 0) is 36.4 Å². The highest BCUT2D eigenvalue weighted by Crippen LogP contribution is 2.26. The first-order valence-electron chi connectivity index (χ1n) is 5.22. The number of halogens is 3. The molecule has 2 aromatic carbocycles. The zero-order chi connectivity index (χ0) is 14.0. The van der Waals surface area contributed by atoms with Crippen LogP contribution in [0.3, 0.4) is 0 Å². The Balaban J connectivity index is 2.28. The molecule has 2 N–H and O–H groups in total. The van der Waals surface area contributed by atoms with E-state index in [9.17, 15) is 14.3 Å². The number of carbonyl (C=O) groups is 1. The largest absolute Gasteiger partial charge is 0.508 e. The fourth-order valence-electron chi connectivity index (χ4n) is 1.47. The van der Waals surface area contributed by atoms with Crippen LogP contribution in [0.2, 0.25) is 10.0 Å². The Labute approximate surface area is 118 Å². The standard InChI is InChI=1S/C13H8Cl2FNO2/c14-10-3-2-8(18)6-9(10)13(19)17-12-4-1-7(16)5-11(12)15/h1-6,18H,(H,17,19). The van der Waals surface area contributed by atoms with Crippen molar-refractivity contribution in [3.05, 3.63) is 57.8 Å². The predicted molar refractivity (Wildman–Crippen MR) is 72.5 cm³/mol. The first-order chi connectivity index (χ1) is 8.97. The lowest BCUT2D eigenvalue weighted by molar-refractivity contribution is 0.102. The van der Waals surface area contributed by atoms with E-state index in [4.69, 9.17) is 23.2 Å². The quantitative estimate of drug-likeness (QED) is 0.877. The van der Waals surface area contributed by atoms with Crippen LogP contribution in [-0.2, 0) is 0 Å². The lowest BCUT2D eigenvalue weighted by Crippen LogP contribution is -2.12. The van der Waals surface area contributed by atoms with E-state index in [1.807, 2.05) is 0 Å². The molecule has 0 saturated carbocycles. The van der Waals surface area contributed by atoms with Crippen LogP contribution in [0.4, 0.5) is 10.1 Å². The second kappa shape index (κ2) is 5.47. The van der Waals surface area contributed by atoms with Gasteiger partial charge < -0.3 is 10.4 Å². The first kappa shape index (κ1) is 13.6. The van der Waals surface area contributed by atoms with Gasteiger partial charge in [0.2, 0.25) is 0 Å². The molecule has 3 nitrogen and oxygen atoms in total. The number of phenolic OH excluding ortho intramolecular Hbond substituents is 1. The summed E-state index contributed by atoms with van der Waals surface area (Å²) in [6.45, 7) is 0. The van der Waals surface area contributed by atoms with Crippen molar-refractivity contribution in [1.29, 1.82) is 0 Å². The zero-order valence-electron chi connectivity index (χ0n) is 9.45. The number of hydrogen-bond donors (Lipinski definition) is 2. The van der Waals surface area contributed by atoms with Gasteiger partial charge in [-0.2, -0.15) is 0 Å². The van der Waals surface area contributed by atoms with Crippen LogP contribution < -0.4 is 5.32 Å². The summed E-state index contributed by atoms with van der Waals surface area (Å²) in [6, 6.07) is 7.59. The summed E-state index contributed by atoms with van der Waals surface area (Å²) in [5.41, 5.74) is 0.356. The monoisotopic (exact) mass is 299 g/mol. The minimum atomic E-state index is -0.547. The Kier molecular flexibility index (Phi) is 3.93. The zero-order valence-corrected chi connectivity index (χ0v) is 11.0. The van der Waals surface area contributed by atoms with E-state index in [1.54, 1.807) is 0 Å². The fourth-order valence-corrected chi connectivity index (χ4v) is 1.89. The molecule has 2 aromatic rings. The lowest BCUT2D eigenvalue weighted by atomic mass is 10.2. The molecule has 0 spiro atoms. The van der Waals surface area contributed by atoms with Crippen LogP contribution in [-0.4, -0.2) is 11.0 Å². The summed E-state index contributed by atoms with van der Waals surface area (Å²) in [5, 5.41) is 12.1. The normalized spacial score (nSPS) is 10.3. The molecule has 1 amide bonds. The second-order valence-corrected chi connectivity index (χ2v) is 4.56. The minimum absolute atomic E-state index is 0.0737. The molecule has 0 heterocycles. The predicted octanol–water partition coefficient (Wildman–Crippen LogP) is 4.09. The average Bonchev–Trinajstić information content (AvgIpc) is 2.35. The number of hydrogen-bond acceptors (Lipinski definition) is 2. The number of phenols is 1. The molecule has 0 aliphatic carbocycles. The van der Waals surface area contributed by atoms with E-state index >= 15 is 0 Å². The maximum atomic E-state index is 12.9. The number of anilines is 1. The molecule has 2 rings (SSSR count). The van der Waals surface area contributed by atoms with Crippen LogP contribution >= 0.6 is 23.2 Å². The molecule has 0 saturated heterocycles. The van der Waals surface area contributed by atoms with Gasteiger partial charge in [0.1, 0.15) is 11.6 Å². The van der Waals surface area contributed by atoms with Crippen LogP contribution in [0.25, 0.3) is 0 Å². The highest BCUT2D eigenvalue weighted by Gasteiger charge is 2.13. The molecule has 0 aliphatic rings. The van der Waals surface area contributed by atoms with Crippen molar-refractivity contribution >= 4 is 34.8 Å². The van der Waals surface area contributed by atoms with Crippen molar-refractivity contribution in [2.75, 3.05) is 5.32 Å². The fraction of sp³-hybridized carbons (Fsp3) is 0. The highest BCUT2D eigenvalue weighted by molar-refractivity contribution is 6.36. The summed E-state index contributed by atoms with van der Waals surface area (Å²) < 4.78 is 12.9. The van der Waals surface area contributed by atoms with Crippen molar-refractivity contribution in [3.63, 3.8) is 0 Å². The smallest absolute Gasteiger partial charge is 0.257 e. The number of carbonyl (C=O) groups excluding carboxylic acids is 1. The Morgan fingerprint density at radius 2 is 1.84 bits per heavy atom. The molecule has 0 atom stereocenters. The summed E-state index contributed by atoms with van der Waals surface area (Å²) in [7, 11) is 0. The first-order valence-corrected chi connectivity index (χ1v) is 5.98. The maximum Gasteiger partial charge on any atom is 0.257 e. The third kappa shape index (κ3) is 3.16. The Hall–Kier alpha value is -1.78. The molecule has 0 aliphatic heterocycles. The third-order valence-corrected chi connectivity index (χ3v) is 3.02. The van der Waals surface area contributed by atoms with E-state index < -0.39 is 11.7 Å². The van der Waals surface area contributed by atoms with Gasteiger partial charge >= 0.3 is 0 Å². The minimum Gasteiger partial charge on any atom is -0.508 e. The van der Waals surface area contributed by atoms with Gasteiger partial charge in [-0.15, -0.1) is 0 Å². The Morgan fingerprint density at radius 1 is 1.11 bits per heavy atom.